The third-order valence-corrected chi connectivity index (χ3v) is 4.87. The summed E-state index contributed by atoms with van der Waals surface area (Å²) >= 11 is 5.88. The van der Waals surface area contributed by atoms with E-state index in [1.54, 1.807) is 17.0 Å². The molecule has 2 aliphatic rings. The van der Waals surface area contributed by atoms with Crippen LogP contribution in [-0.2, 0) is 9.59 Å². The summed E-state index contributed by atoms with van der Waals surface area (Å²) in [6, 6.07) is 6.80. The van der Waals surface area contributed by atoms with Gasteiger partial charge < -0.3 is 15.5 Å². The van der Waals surface area contributed by atoms with E-state index in [1.165, 1.54) is 0 Å². The van der Waals surface area contributed by atoms with Gasteiger partial charge in [0.2, 0.25) is 11.8 Å². The van der Waals surface area contributed by atoms with Crippen LogP contribution in [0.2, 0.25) is 5.02 Å². The van der Waals surface area contributed by atoms with E-state index in [0.717, 1.165) is 31.6 Å². The fourth-order valence-corrected chi connectivity index (χ4v) is 3.38. The van der Waals surface area contributed by atoms with Crippen LogP contribution in [0.15, 0.2) is 24.3 Å². The minimum Gasteiger partial charge on any atom is -0.344 e. The Morgan fingerprint density at radius 3 is 2.71 bits per heavy atom. The highest BCUT2D eigenvalue weighted by Crippen LogP contribution is 2.23. The van der Waals surface area contributed by atoms with Crippen molar-refractivity contribution in [1.29, 1.82) is 0 Å². The van der Waals surface area contributed by atoms with Crippen LogP contribution in [0.1, 0.15) is 25.7 Å². The van der Waals surface area contributed by atoms with Gasteiger partial charge in [-0.25, -0.2) is 0 Å². The van der Waals surface area contributed by atoms with Gasteiger partial charge in [0, 0.05) is 23.7 Å². The summed E-state index contributed by atoms with van der Waals surface area (Å²) in [5, 5.41) is 6.83. The Morgan fingerprint density at radius 1 is 1.29 bits per heavy atom. The smallest absolute Gasteiger partial charge is 0.249 e. The molecule has 5 nitrogen and oxygen atoms in total. The van der Waals surface area contributed by atoms with Gasteiger partial charge in [0.05, 0.1) is 0 Å². The molecular formula is C17H23Cl2N3O2. The van der Waals surface area contributed by atoms with Crippen LogP contribution in [-0.4, -0.2) is 37.5 Å². The van der Waals surface area contributed by atoms with Crippen molar-refractivity contribution in [2.75, 3.05) is 24.5 Å². The van der Waals surface area contributed by atoms with Gasteiger partial charge >= 0.3 is 0 Å². The molecule has 2 aliphatic heterocycles. The molecule has 2 saturated heterocycles. The minimum atomic E-state index is -0.403. The Bertz CT molecular complexity index is 574. The number of nitrogens with zero attached hydrogens (tertiary/aromatic N) is 1. The summed E-state index contributed by atoms with van der Waals surface area (Å²) in [5.74, 6) is 0.530. The van der Waals surface area contributed by atoms with Crippen molar-refractivity contribution in [3.8, 4) is 0 Å². The standard InChI is InChI=1S/C17H22ClN3O2.ClH/c18-13-2-4-14(5-3-13)21-10-8-15(17(21)23)20-16(22)6-1-12-7-9-19-11-12;/h2-5,12,15,19H,1,6-11H2,(H,20,22);1H. The van der Waals surface area contributed by atoms with Gasteiger partial charge in [-0.3, -0.25) is 9.59 Å². The Labute approximate surface area is 153 Å². The molecule has 24 heavy (non-hydrogen) atoms. The first kappa shape index (κ1) is 19.0. The van der Waals surface area contributed by atoms with Crippen LogP contribution in [0.4, 0.5) is 5.69 Å². The third kappa shape index (κ3) is 4.62. The fraction of sp³-hybridized carbons (Fsp3) is 0.529. The van der Waals surface area contributed by atoms with Gasteiger partial charge in [-0.15, -0.1) is 12.4 Å². The van der Waals surface area contributed by atoms with E-state index in [4.69, 9.17) is 11.6 Å². The maximum Gasteiger partial charge on any atom is 0.249 e. The molecule has 2 fully saturated rings. The van der Waals surface area contributed by atoms with Crippen molar-refractivity contribution >= 4 is 41.5 Å². The van der Waals surface area contributed by atoms with E-state index in [2.05, 4.69) is 10.6 Å². The summed E-state index contributed by atoms with van der Waals surface area (Å²) in [6.07, 6.45) is 3.18. The number of carbonyl (C=O) groups is 2. The summed E-state index contributed by atoms with van der Waals surface area (Å²) < 4.78 is 0. The number of nitrogens with one attached hydrogen (secondary N) is 2. The van der Waals surface area contributed by atoms with Crippen LogP contribution >= 0.6 is 24.0 Å². The molecule has 7 heteroatoms. The first-order valence-electron chi connectivity index (χ1n) is 8.20. The van der Waals surface area contributed by atoms with Crippen LogP contribution < -0.4 is 15.5 Å². The zero-order chi connectivity index (χ0) is 16.2. The van der Waals surface area contributed by atoms with Gasteiger partial charge in [-0.05, 0) is 62.5 Å². The molecule has 0 saturated carbocycles. The second-order valence-corrected chi connectivity index (χ2v) is 6.71. The zero-order valence-corrected chi connectivity index (χ0v) is 15.0. The number of anilines is 1. The Kier molecular flexibility index (Phi) is 6.90. The molecule has 2 heterocycles. The van der Waals surface area contributed by atoms with Crippen LogP contribution in [0.3, 0.4) is 0 Å². The SMILES string of the molecule is Cl.O=C(CCC1CCNC1)NC1CCN(c2ccc(Cl)cc2)C1=O. The first-order valence-corrected chi connectivity index (χ1v) is 8.58. The molecule has 0 aliphatic carbocycles. The van der Waals surface area contributed by atoms with Gasteiger partial charge in [-0.1, -0.05) is 11.6 Å². The molecule has 2 N–H and O–H groups in total. The average Bonchev–Trinajstić information content (AvgIpc) is 3.18. The highest BCUT2D eigenvalue weighted by molar-refractivity contribution is 6.30. The Morgan fingerprint density at radius 2 is 2.04 bits per heavy atom. The number of benzene rings is 1. The molecule has 0 aromatic heterocycles. The second-order valence-electron chi connectivity index (χ2n) is 6.27. The maximum atomic E-state index is 12.5. The molecule has 132 valence electrons. The van der Waals surface area contributed by atoms with E-state index in [1.807, 2.05) is 12.1 Å². The van der Waals surface area contributed by atoms with E-state index in [-0.39, 0.29) is 24.2 Å². The predicted octanol–water partition coefficient (Wildman–Crippen LogP) is 2.37. The number of amides is 2. The highest BCUT2D eigenvalue weighted by Gasteiger charge is 2.33. The summed E-state index contributed by atoms with van der Waals surface area (Å²) in [7, 11) is 0. The molecule has 2 atom stereocenters. The van der Waals surface area contributed by atoms with Crippen molar-refractivity contribution < 1.29 is 9.59 Å². The molecule has 2 amide bonds. The van der Waals surface area contributed by atoms with Crippen LogP contribution in [0, 0.1) is 5.92 Å². The van der Waals surface area contributed by atoms with E-state index >= 15 is 0 Å². The second kappa shape index (κ2) is 8.70. The predicted molar refractivity (Wildman–Crippen MR) is 97.8 cm³/mol. The van der Waals surface area contributed by atoms with Gasteiger partial charge in [-0.2, -0.15) is 0 Å². The first-order chi connectivity index (χ1) is 11.1. The number of halogens is 2. The van der Waals surface area contributed by atoms with Crippen molar-refractivity contribution in [3.05, 3.63) is 29.3 Å². The lowest BCUT2D eigenvalue weighted by molar-refractivity contribution is -0.126. The molecule has 1 aromatic rings. The molecular weight excluding hydrogens is 349 g/mol. The highest BCUT2D eigenvalue weighted by atomic mass is 35.5. The summed E-state index contributed by atoms with van der Waals surface area (Å²) in [4.78, 5) is 26.2. The number of rotatable bonds is 5. The lowest BCUT2D eigenvalue weighted by atomic mass is 10.0. The van der Waals surface area contributed by atoms with Crippen molar-refractivity contribution in [3.63, 3.8) is 0 Å². The molecule has 0 radical (unpaired) electrons. The van der Waals surface area contributed by atoms with Gasteiger partial charge in [0.15, 0.2) is 0 Å². The Balaban J connectivity index is 0.00000208. The minimum absolute atomic E-state index is 0. The molecule has 1 aromatic carbocycles. The molecule has 2 unspecified atom stereocenters. The van der Waals surface area contributed by atoms with Crippen molar-refractivity contribution in [2.45, 2.75) is 31.7 Å². The lowest BCUT2D eigenvalue weighted by Crippen LogP contribution is -2.41. The normalized spacial score (nSPS) is 23.2. The zero-order valence-electron chi connectivity index (χ0n) is 13.5. The van der Waals surface area contributed by atoms with E-state index in [9.17, 15) is 9.59 Å². The fourth-order valence-electron chi connectivity index (χ4n) is 3.25. The largest absolute Gasteiger partial charge is 0.344 e. The topological polar surface area (TPSA) is 61.4 Å². The summed E-state index contributed by atoms with van der Waals surface area (Å²) in [6.45, 7) is 2.67. The number of hydrogen-bond donors (Lipinski definition) is 2. The average molecular weight is 372 g/mol. The van der Waals surface area contributed by atoms with E-state index in [0.29, 0.717) is 30.3 Å². The van der Waals surface area contributed by atoms with Crippen LogP contribution in [0.25, 0.3) is 0 Å². The lowest BCUT2D eigenvalue weighted by Gasteiger charge is -2.17. The van der Waals surface area contributed by atoms with Crippen molar-refractivity contribution in [1.82, 2.24) is 10.6 Å². The third-order valence-electron chi connectivity index (χ3n) is 4.62. The van der Waals surface area contributed by atoms with E-state index < -0.39 is 6.04 Å². The van der Waals surface area contributed by atoms with Crippen molar-refractivity contribution in [2.24, 2.45) is 5.92 Å². The number of carbonyl (C=O) groups excluding carboxylic acids is 2. The molecule has 3 rings (SSSR count). The quantitative estimate of drug-likeness (QED) is 0.834. The Hall–Kier alpha value is -1.30. The van der Waals surface area contributed by atoms with Gasteiger partial charge in [0.25, 0.3) is 0 Å². The molecule has 0 bridgehead atoms. The molecule has 0 spiro atoms. The summed E-state index contributed by atoms with van der Waals surface area (Å²) in [5.41, 5.74) is 0.827. The van der Waals surface area contributed by atoms with Gasteiger partial charge in [0.1, 0.15) is 6.04 Å². The number of hydrogen-bond acceptors (Lipinski definition) is 3. The monoisotopic (exact) mass is 371 g/mol. The van der Waals surface area contributed by atoms with Crippen LogP contribution in [0.5, 0.6) is 0 Å². The maximum absolute atomic E-state index is 12.5.